The zero-order chi connectivity index (χ0) is 16.6. The van der Waals surface area contributed by atoms with Crippen LogP contribution >= 0.6 is 0 Å². The molecule has 0 radical (unpaired) electrons. The Morgan fingerprint density at radius 1 is 1.04 bits per heavy atom. The average Bonchev–Trinajstić information content (AvgIpc) is 2.66. The van der Waals surface area contributed by atoms with Crippen molar-refractivity contribution in [2.45, 2.75) is 31.9 Å². The van der Waals surface area contributed by atoms with Gasteiger partial charge in [0.25, 0.3) is 0 Å². The summed E-state index contributed by atoms with van der Waals surface area (Å²) < 4.78 is 5.47. The Labute approximate surface area is 143 Å². The number of ether oxygens (including phenoxy) is 1. The van der Waals surface area contributed by atoms with E-state index in [2.05, 4.69) is 11.8 Å². The lowest BCUT2D eigenvalue weighted by Gasteiger charge is -2.31. The van der Waals surface area contributed by atoms with Crippen LogP contribution in [-0.2, 0) is 11.3 Å². The molecule has 0 saturated carbocycles. The van der Waals surface area contributed by atoms with Crippen LogP contribution in [0.1, 0.15) is 30.4 Å². The van der Waals surface area contributed by atoms with Crippen LogP contribution < -0.4 is 0 Å². The van der Waals surface area contributed by atoms with Gasteiger partial charge in [-0.2, -0.15) is 0 Å². The number of carbonyl (C=O) groups excluding carboxylic acids is 1. The van der Waals surface area contributed by atoms with Gasteiger partial charge in [0.2, 0.25) is 0 Å². The highest BCUT2D eigenvalue weighted by molar-refractivity contribution is 5.69. The summed E-state index contributed by atoms with van der Waals surface area (Å²) in [4.78, 5) is 14.2. The molecule has 24 heavy (non-hydrogen) atoms. The summed E-state index contributed by atoms with van der Waals surface area (Å²) in [5.41, 5.74) is 1.97. The monoisotopic (exact) mass is 319 g/mol. The van der Waals surface area contributed by atoms with Gasteiger partial charge in [-0.3, -0.25) is 4.90 Å². The fraction of sp³-hybridized carbons (Fsp3) is 0.286. The maximum Gasteiger partial charge on any atom is 0.411 e. The molecule has 0 spiro atoms. The van der Waals surface area contributed by atoms with Crippen LogP contribution in [0.15, 0.2) is 60.7 Å². The van der Waals surface area contributed by atoms with Crippen molar-refractivity contribution in [3.63, 3.8) is 0 Å². The number of benzene rings is 2. The molecule has 2 aromatic rings. The molecule has 0 bridgehead atoms. The normalized spacial score (nSPS) is 16.8. The molecule has 122 valence electrons. The third-order valence-electron chi connectivity index (χ3n) is 4.10. The van der Waals surface area contributed by atoms with Crippen LogP contribution in [0.3, 0.4) is 0 Å². The standard InChI is InChI=1S/C21H21NO2/c23-21(24-17-19-11-5-2-6-12-19)22-16-8-7-13-20(22)15-14-18-9-3-1-4-10-18/h1-6,9-12,20H,7-8,13,16-17H2/t20-/m0/s1. The van der Waals surface area contributed by atoms with Crippen molar-refractivity contribution in [2.75, 3.05) is 6.54 Å². The van der Waals surface area contributed by atoms with Gasteiger partial charge in [0, 0.05) is 12.1 Å². The van der Waals surface area contributed by atoms with E-state index in [0.29, 0.717) is 13.2 Å². The van der Waals surface area contributed by atoms with Gasteiger partial charge in [0.05, 0.1) is 6.04 Å². The Bertz CT molecular complexity index is 716. The molecule has 0 aromatic heterocycles. The molecule has 3 heteroatoms. The third kappa shape index (κ3) is 4.39. The first kappa shape index (κ1) is 16.1. The molecule has 0 unspecified atom stereocenters. The highest BCUT2D eigenvalue weighted by Gasteiger charge is 2.26. The van der Waals surface area contributed by atoms with Crippen molar-refractivity contribution in [2.24, 2.45) is 0 Å². The lowest BCUT2D eigenvalue weighted by atomic mass is 10.0. The van der Waals surface area contributed by atoms with Crippen LogP contribution in [0.25, 0.3) is 0 Å². The van der Waals surface area contributed by atoms with E-state index in [0.717, 1.165) is 30.4 Å². The highest BCUT2D eigenvalue weighted by Crippen LogP contribution is 2.18. The van der Waals surface area contributed by atoms with Crippen LogP contribution in [0.5, 0.6) is 0 Å². The van der Waals surface area contributed by atoms with Crippen molar-refractivity contribution >= 4 is 6.09 Å². The first-order valence-corrected chi connectivity index (χ1v) is 8.37. The molecule has 1 aliphatic heterocycles. The quantitative estimate of drug-likeness (QED) is 0.775. The molecule has 0 N–H and O–H groups in total. The Kier molecular flexibility index (Phi) is 5.52. The molecule has 1 saturated heterocycles. The summed E-state index contributed by atoms with van der Waals surface area (Å²) in [6, 6.07) is 19.5. The summed E-state index contributed by atoms with van der Waals surface area (Å²) in [6.45, 7) is 1.01. The Balaban J connectivity index is 1.63. The molecule has 1 fully saturated rings. The topological polar surface area (TPSA) is 29.5 Å². The number of nitrogens with zero attached hydrogens (tertiary/aromatic N) is 1. The van der Waals surface area contributed by atoms with Crippen molar-refractivity contribution < 1.29 is 9.53 Å². The van der Waals surface area contributed by atoms with Gasteiger partial charge in [-0.1, -0.05) is 60.4 Å². The fourth-order valence-corrected chi connectivity index (χ4v) is 2.79. The SMILES string of the molecule is O=C(OCc1ccccc1)N1CCCC[C@H]1C#Cc1ccccc1. The van der Waals surface area contributed by atoms with Gasteiger partial charge >= 0.3 is 6.09 Å². The first-order chi connectivity index (χ1) is 11.8. The van der Waals surface area contributed by atoms with E-state index < -0.39 is 0 Å². The van der Waals surface area contributed by atoms with Crippen LogP contribution in [0, 0.1) is 11.8 Å². The lowest BCUT2D eigenvalue weighted by molar-refractivity contribution is 0.0792. The van der Waals surface area contributed by atoms with E-state index in [-0.39, 0.29) is 12.1 Å². The Morgan fingerprint density at radius 3 is 2.50 bits per heavy atom. The molecular weight excluding hydrogens is 298 g/mol. The summed E-state index contributed by atoms with van der Waals surface area (Å²) in [6.07, 6.45) is 2.73. The van der Waals surface area contributed by atoms with E-state index in [1.54, 1.807) is 4.90 Å². The number of hydrogen-bond acceptors (Lipinski definition) is 2. The van der Waals surface area contributed by atoms with Gasteiger partial charge in [0.1, 0.15) is 6.61 Å². The molecule has 2 aromatic carbocycles. The summed E-state index contributed by atoms with van der Waals surface area (Å²) in [5, 5.41) is 0. The zero-order valence-corrected chi connectivity index (χ0v) is 13.7. The number of amides is 1. The third-order valence-corrected chi connectivity index (χ3v) is 4.10. The molecule has 0 aliphatic carbocycles. The molecule has 1 heterocycles. The zero-order valence-electron chi connectivity index (χ0n) is 13.7. The Hall–Kier alpha value is -2.73. The number of carbonyl (C=O) groups is 1. The maximum absolute atomic E-state index is 12.4. The fourth-order valence-electron chi connectivity index (χ4n) is 2.79. The number of hydrogen-bond donors (Lipinski definition) is 0. The van der Waals surface area contributed by atoms with Crippen LogP contribution in [0.2, 0.25) is 0 Å². The molecule has 1 aliphatic rings. The van der Waals surface area contributed by atoms with Crippen molar-refractivity contribution in [1.29, 1.82) is 0 Å². The van der Waals surface area contributed by atoms with E-state index >= 15 is 0 Å². The predicted molar refractivity (Wildman–Crippen MR) is 94.3 cm³/mol. The maximum atomic E-state index is 12.4. The van der Waals surface area contributed by atoms with Gasteiger partial charge in [0.15, 0.2) is 0 Å². The highest BCUT2D eigenvalue weighted by atomic mass is 16.6. The van der Waals surface area contributed by atoms with Crippen molar-refractivity contribution in [3.05, 3.63) is 71.8 Å². The van der Waals surface area contributed by atoms with E-state index in [9.17, 15) is 4.79 Å². The minimum absolute atomic E-state index is 0.0674. The Morgan fingerprint density at radius 2 is 1.75 bits per heavy atom. The van der Waals surface area contributed by atoms with Crippen LogP contribution in [-0.4, -0.2) is 23.6 Å². The molecular formula is C21H21NO2. The van der Waals surface area contributed by atoms with Gasteiger partial charge in [-0.15, -0.1) is 0 Å². The molecule has 3 rings (SSSR count). The second-order valence-corrected chi connectivity index (χ2v) is 5.88. The largest absolute Gasteiger partial charge is 0.445 e. The summed E-state index contributed by atoms with van der Waals surface area (Å²) in [7, 11) is 0. The van der Waals surface area contributed by atoms with Gasteiger partial charge in [-0.05, 0) is 37.0 Å². The first-order valence-electron chi connectivity index (χ1n) is 8.37. The minimum Gasteiger partial charge on any atom is -0.445 e. The second kappa shape index (κ2) is 8.21. The van der Waals surface area contributed by atoms with Crippen molar-refractivity contribution in [3.8, 4) is 11.8 Å². The molecule has 1 atom stereocenters. The minimum atomic E-state index is -0.272. The smallest absolute Gasteiger partial charge is 0.411 e. The van der Waals surface area contributed by atoms with E-state index in [1.165, 1.54) is 0 Å². The average molecular weight is 319 g/mol. The van der Waals surface area contributed by atoms with E-state index in [1.807, 2.05) is 60.7 Å². The molecule has 3 nitrogen and oxygen atoms in total. The summed E-state index contributed by atoms with van der Waals surface area (Å²) in [5.74, 6) is 6.42. The second-order valence-electron chi connectivity index (χ2n) is 5.88. The van der Waals surface area contributed by atoms with Crippen LogP contribution in [0.4, 0.5) is 4.79 Å². The predicted octanol–water partition coefficient (Wildman–Crippen LogP) is 4.23. The van der Waals surface area contributed by atoms with Crippen molar-refractivity contribution in [1.82, 2.24) is 4.90 Å². The van der Waals surface area contributed by atoms with Gasteiger partial charge < -0.3 is 4.74 Å². The number of rotatable bonds is 2. The number of piperidine rings is 1. The molecule has 1 amide bonds. The summed E-state index contributed by atoms with van der Waals surface area (Å²) >= 11 is 0. The van der Waals surface area contributed by atoms with Gasteiger partial charge in [-0.25, -0.2) is 4.79 Å². The lowest BCUT2D eigenvalue weighted by Crippen LogP contribution is -2.43. The number of likely N-dealkylation sites (tertiary alicyclic amines) is 1. The van der Waals surface area contributed by atoms with E-state index in [4.69, 9.17) is 4.74 Å².